The van der Waals surface area contributed by atoms with Crippen LogP contribution in [0, 0.1) is 0 Å². The standard InChI is InChI=1S/C30H30N2O2/c33-27(34)22-14-3-1-2-4-15-23-32-30(26-20-12-7-13-21-26)28(24-16-8-5-9-17-24)29(31-32)25-18-10-6-11-19-25/h1-2,5-13,16-21H,3-4,14-15,22-23H2,(H,33,34)/b2-1+. The number of allylic oxidation sites excluding steroid dienone is 2. The molecule has 0 saturated carbocycles. The van der Waals surface area contributed by atoms with Gasteiger partial charge in [-0.05, 0) is 31.2 Å². The van der Waals surface area contributed by atoms with E-state index in [0.29, 0.717) is 6.42 Å². The van der Waals surface area contributed by atoms with Gasteiger partial charge in [0, 0.05) is 29.7 Å². The van der Waals surface area contributed by atoms with Gasteiger partial charge in [0.15, 0.2) is 0 Å². The Labute approximate surface area is 201 Å². The van der Waals surface area contributed by atoms with Crippen LogP contribution in [-0.4, -0.2) is 20.9 Å². The van der Waals surface area contributed by atoms with Crippen molar-refractivity contribution < 1.29 is 9.90 Å². The molecule has 0 saturated heterocycles. The molecule has 34 heavy (non-hydrogen) atoms. The number of aromatic nitrogens is 2. The number of unbranched alkanes of at least 4 members (excludes halogenated alkanes) is 2. The third kappa shape index (κ3) is 5.90. The Morgan fingerprint density at radius 3 is 1.85 bits per heavy atom. The molecule has 0 fully saturated rings. The lowest BCUT2D eigenvalue weighted by Crippen LogP contribution is -2.02. The summed E-state index contributed by atoms with van der Waals surface area (Å²) in [5.74, 6) is -0.732. The molecule has 4 nitrogen and oxygen atoms in total. The molecule has 0 unspecified atom stereocenters. The number of hydrogen-bond acceptors (Lipinski definition) is 2. The van der Waals surface area contributed by atoms with Crippen molar-refractivity contribution in [1.82, 2.24) is 9.78 Å². The minimum atomic E-state index is -0.732. The molecule has 0 atom stereocenters. The molecule has 4 rings (SSSR count). The van der Waals surface area contributed by atoms with Gasteiger partial charge in [0.1, 0.15) is 5.69 Å². The van der Waals surface area contributed by atoms with Crippen molar-refractivity contribution in [2.75, 3.05) is 0 Å². The molecule has 3 aromatic carbocycles. The quantitative estimate of drug-likeness (QED) is 0.190. The highest BCUT2D eigenvalue weighted by Gasteiger charge is 2.21. The Hall–Kier alpha value is -3.92. The molecule has 0 aliphatic carbocycles. The van der Waals surface area contributed by atoms with Crippen LogP contribution in [0.3, 0.4) is 0 Å². The van der Waals surface area contributed by atoms with Gasteiger partial charge in [-0.3, -0.25) is 9.48 Å². The largest absolute Gasteiger partial charge is 0.481 e. The number of benzene rings is 3. The second-order valence-electron chi connectivity index (χ2n) is 8.29. The summed E-state index contributed by atoms with van der Waals surface area (Å²) in [5.41, 5.74) is 6.70. The van der Waals surface area contributed by atoms with Gasteiger partial charge < -0.3 is 5.11 Å². The van der Waals surface area contributed by atoms with E-state index >= 15 is 0 Å². The van der Waals surface area contributed by atoms with Gasteiger partial charge in [0.25, 0.3) is 0 Å². The van der Waals surface area contributed by atoms with E-state index in [1.54, 1.807) is 0 Å². The SMILES string of the molecule is O=C(O)CCC/C=C/CCCn1nc(-c2ccccc2)c(-c2ccccc2)c1-c1ccccc1. The highest BCUT2D eigenvalue weighted by molar-refractivity contribution is 5.91. The number of rotatable bonds is 11. The first kappa shape index (κ1) is 23.2. The van der Waals surface area contributed by atoms with E-state index in [1.165, 1.54) is 0 Å². The molecule has 0 bridgehead atoms. The van der Waals surface area contributed by atoms with E-state index in [9.17, 15) is 4.79 Å². The highest BCUT2D eigenvalue weighted by atomic mass is 16.4. The van der Waals surface area contributed by atoms with Gasteiger partial charge in [-0.25, -0.2) is 0 Å². The molecule has 1 N–H and O–H groups in total. The first-order chi connectivity index (χ1) is 16.7. The molecule has 0 aliphatic rings. The Morgan fingerprint density at radius 2 is 1.26 bits per heavy atom. The molecule has 4 aromatic rings. The fourth-order valence-corrected chi connectivity index (χ4v) is 4.16. The van der Waals surface area contributed by atoms with Crippen LogP contribution >= 0.6 is 0 Å². The zero-order chi connectivity index (χ0) is 23.6. The Balaban J connectivity index is 1.65. The Kier molecular flexibility index (Phi) is 8.07. The summed E-state index contributed by atoms with van der Waals surface area (Å²) in [6, 6.07) is 31.4. The number of carboxylic acids is 1. The van der Waals surface area contributed by atoms with E-state index in [-0.39, 0.29) is 6.42 Å². The monoisotopic (exact) mass is 450 g/mol. The average molecular weight is 451 g/mol. The van der Waals surface area contributed by atoms with E-state index in [2.05, 4.69) is 89.6 Å². The molecular weight excluding hydrogens is 420 g/mol. The number of carboxylic acid groups (broad SMARTS) is 1. The average Bonchev–Trinajstić information content (AvgIpc) is 3.26. The maximum atomic E-state index is 10.6. The van der Waals surface area contributed by atoms with E-state index in [0.717, 1.165) is 59.4 Å². The summed E-state index contributed by atoms with van der Waals surface area (Å²) in [5, 5.41) is 13.9. The summed E-state index contributed by atoms with van der Waals surface area (Å²) in [6.45, 7) is 0.802. The maximum Gasteiger partial charge on any atom is 0.303 e. The lowest BCUT2D eigenvalue weighted by atomic mass is 9.96. The van der Waals surface area contributed by atoms with E-state index in [4.69, 9.17) is 10.2 Å². The van der Waals surface area contributed by atoms with Gasteiger partial charge >= 0.3 is 5.97 Å². The van der Waals surface area contributed by atoms with Gasteiger partial charge in [-0.1, -0.05) is 103 Å². The van der Waals surface area contributed by atoms with Crippen LogP contribution in [0.1, 0.15) is 32.1 Å². The highest BCUT2D eigenvalue weighted by Crippen LogP contribution is 2.40. The lowest BCUT2D eigenvalue weighted by Gasteiger charge is -2.10. The number of hydrogen-bond donors (Lipinski definition) is 1. The van der Waals surface area contributed by atoms with Gasteiger partial charge in [0.05, 0.1) is 5.69 Å². The maximum absolute atomic E-state index is 10.6. The number of nitrogens with zero attached hydrogens (tertiary/aromatic N) is 2. The number of carbonyl (C=O) groups is 1. The van der Waals surface area contributed by atoms with Crippen molar-refractivity contribution >= 4 is 5.97 Å². The first-order valence-electron chi connectivity index (χ1n) is 11.9. The van der Waals surface area contributed by atoms with Crippen molar-refractivity contribution in [3.63, 3.8) is 0 Å². The van der Waals surface area contributed by atoms with Gasteiger partial charge in [-0.15, -0.1) is 0 Å². The molecule has 0 amide bonds. The summed E-state index contributed by atoms with van der Waals surface area (Å²) < 4.78 is 2.15. The van der Waals surface area contributed by atoms with Gasteiger partial charge in [-0.2, -0.15) is 5.10 Å². The number of aryl methyl sites for hydroxylation is 1. The second-order valence-corrected chi connectivity index (χ2v) is 8.29. The summed E-state index contributed by atoms with van der Waals surface area (Å²) in [7, 11) is 0. The van der Waals surface area contributed by atoms with Crippen LogP contribution in [0.15, 0.2) is 103 Å². The lowest BCUT2D eigenvalue weighted by molar-refractivity contribution is -0.137. The van der Waals surface area contributed by atoms with Crippen molar-refractivity contribution in [3.8, 4) is 33.6 Å². The third-order valence-electron chi connectivity index (χ3n) is 5.78. The summed E-state index contributed by atoms with van der Waals surface area (Å²) in [6.07, 6.45) is 7.85. The van der Waals surface area contributed by atoms with Crippen LogP contribution in [-0.2, 0) is 11.3 Å². The van der Waals surface area contributed by atoms with E-state index < -0.39 is 5.97 Å². The van der Waals surface area contributed by atoms with Crippen LogP contribution in [0.4, 0.5) is 0 Å². The van der Waals surface area contributed by atoms with Crippen LogP contribution in [0.25, 0.3) is 33.6 Å². The summed E-state index contributed by atoms with van der Waals surface area (Å²) in [4.78, 5) is 10.6. The molecule has 0 spiro atoms. The topological polar surface area (TPSA) is 55.1 Å². The number of aliphatic carboxylic acids is 1. The fraction of sp³-hybridized carbons (Fsp3) is 0.200. The predicted molar refractivity (Wildman–Crippen MR) is 138 cm³/mol. The zero-order valence-electron chi connectivity index (χ0n) is 19.3. The molecule has 0 aliphatic heterocycles. The van der Waals surface area contributed by atoms with Crippen LogP contribution in [0.5, 0.6) is 0 Å². The normalized spacial score (nSPS) is 11.2. The molecule has 4 heteroatoms. The second kappa shape index (κ2) is 11.8. The molecule has 1 aromatic heterocycles. The van der Waals surface area contributed by atoms with E-state index in [1.807, 2.05) is 18.2 Å². The minimum Gasteiger partial charge on any atom is -0.481 e. The smallest absolute Gasteiger partial charge is 0.303 e. The zero-order valence-corrected chi connectivity index (χ0v) is 19.3. The minimum absolute atomic E-state index is 0.225. The molecular formula is C30H30N2O2. The van der Waals surface area contributed by atoms with Crippen molar-refractivity contribution in [2.24, 2.45) is 0 Å². The van der Waals surface area contributed by atoms with Crippen molar-refractivity contribution in [2.45, 2.75) is 38.6 Å². The third-order valence-corrected chi connectivity index (χ3v) is 5.78. The van der Waals surface area contributed by atoms with Crippen LogP contribution in [0.2, 0.25) is 0 Å². The first-order valence-corrected chi connectivity index (χ1v) is 11.9. The predicted octanol–water partition coefficient (Wildman–Crippen LogP) is 7.48. The van der Waals surface area contributed by atoms with Crippen molar-refractivity contribution in [3.05, 3.63) is 103 Å². The fourth-order valence-electron chi connectivity index (χ4n) is 4.16. The Morgan fingerprint density at radius 1 is 0.735 bits per heavy atom. The molecule has 1 heterocycles. The Bertz CT molecular complexity index is 1210. The molecule has 172 valence electrons. The van der Waals surface area contributed by atoms with Crippen molar-refractivity contribution in [1.29, 1.82) is 0 Å². The summed E-state index contributed by atoms with van der Waals surface area (Å²) >= 11 is 0. The van der Waals surface area contributed by atoms with Crippen LogP contribution < -0.4 is 0 Å². The van der Waals surface area contributed by atoms with Gasteiger partial charge in [0.2, 0.25) is 0 Å². The molecule has 0 radical (unpaired) electrons.